The molecule has 0 aliphatic carbocycles. The molecule has 3 aromatic rings. The summed E-state index contributed by atoms with van der Waals surface area (Å²) in [5.74, 6) is -0.469. The van der Waals surface area contributed by atoms with Crippen LogP contribution in [0.15, 0.2) is 78.9 Å². The molecule has 0 radical (unpaired) electrons. The Hall–Kier alpha value is -3.94. The molecule has 2 heterocycles. The van der Waals surface area contributed by atoms with Gasteiger partial charge in [0.2, 0.25) is 0 Å². The summed E-state index contributed by atoms with van der Waals surface area (Å²) < 4.78 is 38.8. The molecule has 3 aromatic carbocycles. The lowest BCUT2D eigenvalue weighted by Gasteiger charge is -2.41. The molecule has 33 heavy (non-hydrogen) atoms. The second-order valence-corrected chi connectivity index (χ2v) is 7.95. The van der Waals surface area contributed by atoms with Crippen LogP contribution in [0.1, 0.15) is 11.1 Å². The van der Waals surface area contributed by atoms with Gasteiger partial charge in [0, 0.05) is 30.8 Å². The van der Waals surface area contributed by atoms with E-state index < -0.39 is 35.5 Å². The lowest BCUT2D eigenvalue weighted by Crippen LogP contribution is -2.58. The number of piperazine rings is 1. The number of halogens is 2. The summed E-state index contributed by atoms with van der Waals surface area (Å²) >= 11 is 0. The number of amides is 2. The van der Waals surface area contributed by atoms with Crippen LogP contribution in [0.4, 0.5) is 18.4 Å². The van der Waals surface area contributed by atoms with Crippen molar-refractivity contribution in [2.24, 2.45) is 0 Å². The van der Waals surface area contributed by atoms with Crippen molar-refractivity contribution < 1.29 is 27.8 Å². The van der Waals surface area contributed by atoms with Crippen molar-refractivity contribution in [3.05, 3.63) is 102 Å². The minimum Gasteiger partial charge on any atom is -0.431 e. The molecule has 168 valence electrons. The normalized spacial score (nSPS) is 19.1. The van der Waals surface area contributed by atoms with Gasteiger partial charge in [-0.2, -0.15) is 0 Å². The van der Waals surface area contributed by atoms with Crippen LogP contribution in [0, 0.1) is 11.6 Å². The molecule has 2 amide bonds. The standard InChI is InChI=1S/C25H20F2N2O4/c26-19-10-6-17(7-11-19)25(18-8-12-20(27)13-9-18)22-16-28(14-15-29(22)24(31)33-25)23(30)32-21-4-2-1-3-5-21/h1-13,22H,14-16H2. The average molecular weight is 450 g/mol. The number of hydrogen-bond donors (Lipinski definition) is 0. The maximum atomic E-state index is 13.7. The van der Waals surface area contributed by atoms with E-state index in [2.05, 4.69) is 0 Å². The van der Waals surface area contributed by atoms with Crippen molar-refractivity contribution in [3.63, 3.8) is 0 Å². The molecule has 8 heteroatoms. The van der Waals surface area contributed by atoms with Crippen LogP contribution in [0.2, 0.25) is 0 Å². The highest BCUT2D eigenvalue weighted by Crippen LogP contribution is 2.46. The third-order valence-corrected chi connectivity index (χ3v) is 6.09. The number of cyclic esters (lactones) is 1. The molecule has 0 aromatic heterocycles. The van der Waals surface area contributed by atoms with Gasteiger partial charge in [0.05, 0.1) is 0 Å². The highest BCUT2D eigenvalue weighted by Gasteiger charge is 2.58. The molecule has 2 saturated heterocycles. The van der Waals surface area contributed by atoms with Gasteiger partial charge < -0.3 is 14.4 Å². The van der Waals surface area contributed by atoms with Crippen LogP contribution in [-0.4, -0.2) is 47.7 Å². The average Bonchev–Trinajstić information content (AvgIpc) is 3.13. The molecule has 0 N–H and O–H groups in total. The fourth-order valence-corrected chi connectivity index (χ4v) is 4.50. The number of fused-ring (bicyclic) bond motifs is 1. The van der Waals surface area contributed by atoms with E-state index in [1.807, 2.05) is 6.07 Å². The Labute approximate surface area is 188 Å². The highest BCUT2D eigenvalue weighted by molar-refractivity contribution is 5.76. The fraction of sp³-hybridized carbons (Fsp3) is 0.200. The Morgan fingerprint density at radius 1 is 0.879 bits per heavy atom. The highest BCUT2D eigenvalue weighted by atomic mass is 19.1. The summed E-state index contributed by atoms with van der Waals surface area (Å²) in [6.07, 6.45) is -1.10. The van der Waals surface area contributed by atoms with E-state index in [0.717, 1.165) is 0 Å². The van der Waals surface area contributed by atoms with Crippen LogP contribution in [0.5, 0.6) is 5.75 Å². The maximum Gasteiger partial charge on any atom is 0.415 e. The lowest BCUT2D eigenvalue weighted by atomic mass is 9.79. The van der Waals surface area contributed by atoms with Gasteiger partial charge in [-0.15, -0.1) is 0 Å². The van der Waals surface area contributed by atoms with Gasteiger partial charge in [-0.05, 0) is 36.4 Å². The van der Waals surface area contributed by atoms with E-state index in [1.165, 1.54) is 53.4 Å². The van der Waals surface area contributed by atoms with Crippen molar-refractivity contribution in [3.8, 4) is 5.75 Å². The molecule has 5 rings (SSSR count). The monoisotopic (exact) mass is 450 g/mol. The number of para-hydroxylation sites is 1. The zero-order valence-corrected chi connectivity index (χ0v) is 17.5. The van der Waals surface area contributed by atoms with Crippen molar-refractivity contribution in [1.82, 2.24) is 9.80 Å². The number of ether oxygens (including phenoxy) is 2. The summed E-state index contributed by atoms with van der Waals surface area (Å²) in [6, 6.07) is 19.3. The second-order valence-electron chi connectivity index (χ2n) is 7.95. The van der Waals surface area contributed by atoms with Gasteiger partial charge in [-0.1, -0.05) is 42.5 Å². The van der Waals surface area contributed by atoms with E-state index in [0.29, 0.717) is 16.9 Å². The summed E-state index contributed by atoms with van der Waals surface area (Å²) in [5.41, 5.74) is -0.311. The van der Waals surface area contributed by atoms with Crippen LogP contribution >= 0.6 is 0 Å². The summed E-state index contributed by atoms with van der Waals surface area (Å²) in [6.45, 7) is 0.615. The first-order valence-corrected chi connectivity index (χ1v) is 10.5. The third kappa shape index (κ3) is 3.67. The number of benzene rings is 3. The molecule has 0 bridgehead atoms. The third-order valence-electron chi connectivity index (χ3n) is 6.09. The topological polar surface area (TPSA) is 59.1 Å². The van der Waals surface area contributed by atoms with Gasteiger partial charge in [-0.3, -0.25) is 4.90 Å². The Bertz CT molecular complexity index is 1120. The maximum absolute atomic E-state index is 13.7. The summed E-state index contributed by atoms with van der Waals surface area (Å²) in [5, 5.41) is 0. The first-order valence-electron chi connectivity index (χ1n) is 10.5. The predicted octanol–water partition coefficient (Wildman–Crippen LogP) is 4.54. The van der Waals surface area contributed by atoms with Gasteiger partial charge in [-0.25, -0.2) is 18.4 Å². The molecule has 0 saturated carbocycles. The van der Waals surface area contributed by atoms with E-state index in [1.54, 1.807) is 29.2 Å². The molecule has 1 unspecified atom stereocenters. The molecule has 0 spiro atoms. The minimum absolute atomic E-state index is 0.117. The molecule has 2 aliphatic heterocycles. The van der Waals surface area contributed by atoms with Crippen LogP contribution in [-0.2, 0) is 10.3 Å². The van der Waals surface area contributed by atoms with Crippen LogP contribution < -0.4 is 4.74 Å². The number of carbonyl (C=O) groups is 2. The largest absolute Gasteiger partial charge is 0.431 e. The minimum atomic E-state index is -1.36. The Kier molecular flexibility index (Phi) is 5.20. The van der Waals surface area contributed by atoms with Crippen molar-refractivity contribution in [1.29, 1.82) is 0 Å². The number of nitrogens with zero attached hydrogens (tertiary/aromatic N) is 2. The molecule has 2 aliphatic rings. The first kappa shape index (κ1) is 20.9. The molecule has 6 nitrogen and oxygen atoms in total. The van der Waals surface area contributed by atoms with Gasteiger partial charge in [0.25, 0.3) is 0 Å². The van der Waals surface area contributed by atoms with Crippen molar-refractivity contribution in [2.45, 2.75) is 11.6 Å². The zero-order valence-electron chi connectivity index (χ0n) is 17.5. The van der Waals surface area contributed by atoms with Crippen molar-refractivity contribution >= 4 is 12.2 Å². The number of rotatable bonds is 3. The van der Waals surface area contributed by atoms with Crippen LogP contribution in [0.25, 0.3) is 0 Å². The predicted molar refractivity (Wildman–Crippen MR) is 115 cm³/mol. The quantitative estimate of drug-likeness (QED) is 0.588. The number of carbonyl (C=O) groups excluding carboxylic acids is 2. The molecular weight excluding hydrogens is 430 g/mol. The smallest absolute Gasteiger partial charge is 0.415 e. The number of hydrogen-bond acceptors (Lipinski definition) is 4. The second kappa shape index (κ2) is 8.20. The van der Waals surface area contributed by atoms with Crippen LogP contribution in [0.3, 0.4) is 0 Å². The van der Waals surface area contributed by atoms with E-state index >= 15 is 0 Å². The zero-order chi connectivity index (χ0) is 23.0. The Balaban J connectivity index is 1.53. The fourth-order valence-electron chi connectivity index (χ4n) is 4.50. The van der Waals surface area contributed by atoms with E-state index in [-0.39, 0.29) is 19.6 Å². The van der Waals surface area contributed by atoms with Gasteiger partial charge in [0.1, 0.15) is 23.4 Å². The molecule has 2 fully saturated rings. The Morgan fingerprint density at radius 3 is 2.03 bits per heavy atom. The van der Waals surface area contributed by atoms with Crippen molar-refractivity contribution in [2.75, 3.05) is 19.6 Å². The Morgan fingerprint density at radius 2 is 1.45 bits per heavy atom. The lowest BCUT2D eigenvalue weighted by molar-refractivity contribution is 0.0455. The molecular formula is C25H20F2N2O4. The first-order chi connectivity index (χ1) is 16.0. The summed E-state index contributed by atoms with van der Waals surface area (Å²) in [7, 11) is 0. The SMILES string of the molecule is O=C(Oc1ccccc1)N1CCN2C(=O)OC(c3ccc(F)cc3)(c3ccc(F)cc3)C2C1. The summed E-state index contributed by atoms with van der Waals surface area (Å²) in [4.78, 5) is 28.8. The van der Waals surface area contributed by atoms with E-state index in [4.69, 9.17) is 9.47 Å². The van der Waals surface area contributed by atoms with Gasteiger partial charge in [0.15, 0.2) is 5.60 Å². The van der Waals surface area contributed by atoms with E-state index in [9.17, 15) is 18.4 Å². The molecule has 1 atom stereocenters. The van der Waals surface area contributed by atoms with Gasteiger partial charge >= 0.3 is 12.2 Å².